The second kappa shape index (κ2) is 4.57. The summed E-state index contributed by atoms with van der Waals surface area (Å²) in [6, 6.07) is 17.0. The summed E-state index contributed by atoms with van der Waals surface area (Å²) in [6.45, 7) is 0. The lowest BCUT2D eigenvalue weighted by atomic mass is 9.77. The highest BCUT2D eigenvalue weighted by Crippen LogP contribution is 2.51. The van der Waals surface area contributed by atoms with Gasteiger partial charge in [-0.3, -0.25) is 4.79 Å². The number of ether oxygens (including phenoxy) is 1. The third-order valence-corrected chi connectivity index (χ3v) is 5.48. The highest BCUT2D eigenvalue weighted by molar-refractivity contribution is 6.12. The van der Waals surface area contributed by atoms with Crippen LogP contribution in [0.4, 0.5) is 0 Å². The molecule has 2 nitrogen and oxygen atoms in total. The van der Waals surface area contributed by atoms with Crippen LogP contribution >= 0.6 is 0 Å². The van der Waals surface area contributed by atoms with E-state index in [1.165, 1.54) is 28.7 Å². The number of allylic oxidation sites excluding steroid dienone is 2. The van der Waals surface area contributed by atoms with Crippen molar-refractivity contribution in [3.05, 3.63) is 77.4 Å². The van der Waals surface area contributed by atoms with Crippen LogP contribution in [0.2, 0.25) is 0 Å². The van der Waals surface area contributed by atoms with E-state index in [2.05, 4.69) is 66.8 Å². The van der Waals surface area contributed by atoms with Crippen LogP contribution in [0.5, 0.6) is 0 Å². The van der Waals surface area contributed by atoms with E-state index in [0.717, 1.165) is 16.7 Å². The monoisotopic (exact) mass is 312 g/mol. The standard InChI is InChI=1S/C22H16O2/c1-24-21(23)22-12-4-6-15(22)13-19-18-9-8-14-5-2-3-7-16(14)17(18)10-11-20(19)22/h2-11,13H,12H2,1H3. The summed E-state index contributed by atoms with van der Waals surface area (Å²) < 4.78 is 5.16. The summed E-state index contributed by atoms with van der Waals surface area (Å²) in [5.41, 5.74) is 2.62. The molecule has 2 aliphatic carbocycles. The van der Waals surface area contributed by atoms with Crippen molar-refractivity contribution in [2.45, 2.75) is 11.8 Å². The Balaban J connectivity index is 1.88. The van der Waals surface area contributed by atoms with Crippen LogP contribution in [0, 0.1) is 0 Å². The number of esters is 1. The molecule has 0 saturated heterocycles. The Morgan fingerprint density at radius 1 is 1.00 bits per heavy atom. The molecule has 0 amide bonds. The van der Waals surface area contributed by atoms with Gasteiger partial charge in [-0.25, -0.2) is 0 Å². The highest BCUT2D eigenvalue weighted by atomic mass is 16.5. The Morgan fingerprint density at radius 3 is 2.71 bits per heavy atom. The molecule has 3 aromatic rings. The molecule has 0 bridgehead atoms. The van der Waals surface area contributed by atoms with Crippen molar-refractivity contribution in [1.29, 1.82) is 0 Å². The zero-order valence-corrected chi connectivity index (χ0v) is 13.4. The minimum atomic E-state index is -0.649. The fourth-order valence-corrected chi connectivity index (χ4v) is 4.34. The number of methoxy groups -OCH3 is 1. The molecule has 0 heterocycles. The number of carbonyl (C=O) groups is 1. The van der Waals surface area contributed by atoms with E-state index >= 15 is 0 Å². The van der Waals surface area contributed by atoms with Gasteiger partial charge in [0.05, 0.1) is 7.11 Å². The van der Waals surface area contributed by atoms with Crippen LogP contribution in [0.3, 0.4) is 0 Å². The number of rotatable bonds is 1. The number of carbonyl (C=O) groups excluding carboxylic acids is 1. The van der Waals surface area contributed by atoms with Crippen LogP contribution < -0.4 is 0 Å². The predicted octanol–water partition coefficient (Wildman–Crippen LogP) is 4.76. The van der Waals surface area contributed by atoms with Gasteiger partial charge in [-0.2, -0.15) is 0 Å². The average molecular weight is 312 g/mol. The largest absolute Gasteiger partial charge is 0.468 e. The molecule has 116 valence electrons. The molecular weight excluding hydrogens is 296 g/mol. The second-order valence-corrected chi connectivity index (χ2v) is 6.51. The maximum Gasteiger partial charge on any atom is 0.321 e. The summed E-state index contributed by atoms with van der Waals surface area (Å²) in [6.07, 6.45) is 6.96. The maximum absolute atomic E-state index is 12.6. The zero-order chi connectivity index (χ0) is 16.3. The first kappa shape index (κ1) is 13.6. The molecule has 0 radical (unpaired) electrons. The Kier molecular flexibility index (Phi) is 2.58. The SMILES string of the molecule is COC(=O)C12CC=CC1=Cc1c2ccc2c1ccc1ccccc12. The molecule has 0 spiro atoms. The summed E-state index contributed by atoms with van der Waals surface area (Å²) in [5, 5.41) is 4.91. The topological polar surface area (TPSA) is 26.3 Å². The Morgan fingerprint density at radius 2 is 1.83 bits per heavy atom. The minimum Gasteiger partial charge on any atom is -0.468 e. The lowest BCUT2D eigenvalue weighted by molar-refractivity contribution is -0.145. The molecule has 1 unspecified atom stereocenters. The van der Waals surface area contributed by atoms with E-state index in [9.17, 15) is 4.79 Å². The molecule has 2 heteroatoms. The van der Waals surface area contributed by atoms with E-state index in [1.807, 2.05) is 0 Å². The summed E-state index contributed by atoms with van der Waals surface area (Å²) in [4.78, 5) is 12.6. The van der Waals surface area contributed by atoms with Crippen LogP contribution in [0.1, 0.15) is 17.5 Å². The third kappa shape index (κ3) is 1.48. The number of fused-ring (bicyclic) bond motifs is 7. The first-order chi connectivity index (χ1) is 11.8. The highest BCUT2D eigenvalue weighted by Gasteiger charge is 2.50. The Hall–Kier alpha value is -2.87. The quantitative estimate of drug-likeness (QED) is 0.478. The van der Waals surface area contributed by atoms with E-state index in [4.69, 9.17) is 4.74 Å². The molecule has 0 saturated carbocycles. The van der Waals surface area contributed by atoms with Crippen LogP contribution in [-0.4, -0.2) is 13.1 Å². The molecule has 1 atom stereocenters. The van der Waals surface area contributed by atoms with E-state index in [1.54, 1.807) is 0 Å². The van der Waals surface area contributed by atoms with Crippen molar-refractivity contribution >= 4 is 33.6 Å². The number of benzene rings is 3. The molecule has 0 N–H and O–H groups in total. The van der Waals surface area contributed by atoms with Crippen molar-refractivity contribution in [3.8, 4) is 0 Å². The lowest BCUT2D eigenvalue weighted by Gasteiger charge is -2.25. The van der Waals surface area contributed by atoms with E-state index in [-0.39, 0.29) is 5.97 Å². The molecule has 2 aliphatic rings. The molecule has 0 aliphatic heterocycles. The average Bonchev–Trinajstić information content (AvgIpc) is 3.17. The summed E-state index contributed by atoms with van der Waals surface area (Å²) in [5.74, 6) is -0.169. The predicted molar refractivity (Wildman–Crippen MR) is 96.9 cm³/mol. The van der Waals surface area contributed by atoms with Crippen molar-refractivity contribution in [2.24, 2.45) is 0 Å². The van der Waals surface area contributed by atoms with Gasteiger partial charge in [0, 0.05) is 0 Å². The zero-order valence-electron chi connectivity index (χ0n) is 13.4. The summed E-state index contributed by atoms with van der Waals surface area (Å²) >= 11 is 0. The van der Waals surface area contributed by atoms with Gasteiger partial charge in [0.15, 0.2) is 0 Å². The maximum atomic E-state index is 12.6. The van der Waals surface area contributed by atoms with Crippen molar-refractivity contribution < 1.29 is 9.53 Å². The molecule has 0 fully saturated rings. The van der Waals surface area contributed by atoms with Gasteiger partial charge < -0.3 is 4.74 Å². The van der Waals surface area contributed by atoms with Gasteiger partial charge in [0.2, 0.25) is 0 Å². The smallest absolute Gasteiger partial charge is 0.321 e. The fraction of sp³-hybridized carbons (Fsp3) is 0.136. The lowest BCUT2D eigenvalue weighted by Crippen LogP contribution is -2.34. The molecule has 5 rings (SSSR count). The normalized spacial score (nSPS) is 21.0. The van der Waals surface area contributed by atoms with E-state index < -0.39 is 5.41 Å². The Bertz CT molecular complexity index is 1090. The first-order valence-electron chi connectivity index (χ1n) is 8.18. The molecule has 3 aromatic carbocycles. The second-order valence-electron chi connectivity index (χ2n) is 6.51. The van der Waals surface area contributed by atoms with Gasteiger partial charge in [-0.15, -0.1) is 0 Å². The van der Waals surface area contributed by atoms with Gasteiger partial charge in [-0.1, -0.05) is 60.7 Å². The van der Waals surface area contributed by atoms with Crippen molar-refractivity contribution in [3.63, 3.8) is 0 Å². The molecule has 24 heavy (non-hydrogen) atoms. The van der Waals surface area contributed by atoms with Crippen LogP contribution in [-0.2, 0) is 14.9 Å². The van der Waals surface area contributed by atoms with Gasteiger partial charge in [0.25, 0.3) is 0 Å². The first-order valence-corrected chi connectivity index (χ1v) is 8.18. The van der Waals surface area contributed by atoms with Gasteiger partial charge >= 0.3 is 5.97 Å². The van der Waals surface area contributed by atoms with Crippen LogP contribution in [0.25, 0.3) is 27.6 Å². The van der Waals surface area contributed by atoms with Crippen molar-refractivity contribution in [1.82, 2.24) is 0 Å². The van der Waals surface area contributed by atoms with Gasteiger partial charge in [-0.05, 0) is 50.7 Å². The fourth-order valence-electron chi connectivity index (χ4n) is 4.34. The minimum absolute atomic E-state index is 0.169. The van der Waals surface area contributed by atoms with Gasteiger partial charge in [0.1, 0.15) is 5.41 Å². The third-order valence-electron chi connectivity index (χ3n) is 5.48. The van der Waals surface area contributed by atoms with E-state index in [0.29, 0.717) is 6.42 Å². The molecule has 0 aromatic heterocycles. The summed E-state index contributed by atoms with van der Waals surface area (Å²) in [7, 11) is 1.47. The molecular formula is C22H16O2. The Labute approximate surface area is 140 Å². The number of hydrogen-bond donors (Lipinski definition) is 0. The van der Waals surface area contributed by atoms with Crippen LogP contribution in [0.15, 0.2) is 66.3 Å². The number of hydrogen-bond acceptors (Lipinski definition) is 2. The van der Waals surface area contributed by atoms with Crippen molar-refractivity contribution in [2.75, 3.05) is 7.11 Å².